The van der Waals surface area contributed by atoms with Gasteiger partial charge in [-0.25, -0.2) is 9.78 Å². The van der Waals surface area contributed by atoms with E-state index in [0.29, 0.717) is 63.7 Å². The molecule has 1 amide bonds. The Hall–Kier alpha value is -3.88. The quantitative estimate of drug-likeness (QED) is 0.387. The first-order valence-corrected chi connectivity index (χ1v) is 14.2. The summed E-state index contributed by atoms with van der Waals surface area (Å²) in [6, 6.07) is 10.0. The highest BCUT2D eigenvalue weighted by atomic mass is 19.4. The van der Waals surface area contributed by atoms with E-state index in [1.165, 1.54) is 6.07 Å². The van der Waals surface area contributed by atoms with Crippen LogP contribution in [0.5, 0.6) is 5.88 Å². The molecule has 226 valence electrons. The van der Waals surface area contributed by atoms with Gasteiger partial charge >= 0.3 is 12.3 Å². The molecule has 2 fully saturated rings. The molecule has 2 aliphatic rings. The summed E-state index contributed by atoms with van der Waals surface area (Å²) in [6.45, 7) is 6.42. The molecule has 3 heterocycles. The number of piperidine rings is 1. The number of likely N-dealkylation sites (tertiary alicyclic amines) is 1. The smallest absolute Gasteiger partial charge is 0.451 e. The van der Waals surface area contributed by atoms with E-state index in [2.05, 4.69) is 16.0 Å². The molecule has 0 unspecified atom stereocenters. The lowest BCUT2D eigenvalue weighted by Crippen LogP contribution is -2.44. The lowest BCUT2D eigenvalue weighted by Gasteiger charge is -2.33. The molecular weight excluding hydrogens is 551 g/mol. The van der Waals surface area contributed by atoms with Crippen LogP contribution in [-0.2, 0) is 22.1 Å². The summed E-state index contributed by atoms with van der Waals surface area (Å²) in [5.41, 5.74) is 0.943. The number of amides is 1. The van der Waals surface area contributed by atoms with Crippen LogP contribution in [0.3, 0.4) is 0 Å². The number of anilines is 1. The summed E-state index contributed by atoms with van der Waals surface area (Å²) in [5, 5.41) is 8.94. The maximum atomic E-state index is 13.8. The Bertz CT molecular complexity index is 1300. The summed E-state index contributed by atoms with van der Waals surface area (Å²) < 4.78 is 52.6. The molecule has 2 aromatic rings. The maximum absolute atomic E-state index is 13.8. The lowest BCUT2D eigenvalue weighted by molar-refractivity contribution is -0.145. The Morgan fingerprint density at radius 3 is 2.36 bits per heavy atom. The lowest BCUT2D eigenvalue weighted by atomic mass is 10.0. The van der Waals surface area contributed by atoms with E-state index < -0.39 is 35.8 Å². The van der Waals surface area contributed by atoms with Gasteiger partial charge in [-0.3, -0.25) is 4.79 Å². The highest BCUT2D eigenvalue weighted by Gasteiger charge is 2.38. The van der Waals surface area contributed by atoms with E-state index in [-0.39, 0.29) is 23.9 Å². The Balaban J connectivity index is 1.41. The van der Waals surface area contributed by atoms with Gasteiger partial charge in [-0.05, 0) is 64.2 Å². The molecule has 1 aromatic carbocycles. The summed E-state index contributed by atoms with van der Waals surface area (Å²) >= 11 is 0. The topological polar surface area (TPSA) is 109 Å². The van der Waals surface area contributed by atoms with Gasteiger partial charge in [-0.15, -0.1) is 0 Å². The zero-order chi connectivity index (χ0) is 30.5. The summed E-state index contributed by atoms with van der Waals surface area (Å²) in [7, 11) is 0. The fourth-order valence-electron chi connectivity index (χ4n) is 5.16. The number of carbonyl (C=O) groups excluding carboxylic acids is 2. The number of ether oxygens (including phenoxy) is 2. The van der Waals surface area contributed by atoms with Crippen LogP contribution < -0.4 is 9.64 Å². The number of aryl methyl sites for hydroxylation is 1. The van der Waals surface area contributed by atoms with Crippen molar-refractivity contribution >= 4 is 17.7 Å². The highest BCUT2D eigenvalue weighted by Crippen LogP contribution is 2.34. The standard InChI is InChI=1S/C30H36F3N5O4/c1-29(2,3)42-28(40)37-16-13-22(14-17-37)41-26-18-25(35-27(36-26)30(31,32)33)38-15-5-7-23(38)24(39)8-4-6-20-9-11-21(19-34)12-10-20/h9-12,18,22-23H,4-8,13-17H2,1-3H3/t23-/m0/s1. The van der Waals surface area contributed by atoms with Gasteiger partial charge < -0.3 is 19.3 Å². The van der Waals surface area contributed by atoms with Crippen molar-refractivity contribution in [2.75, 3.05) is 24.5 Å². The van der Waals surface area contributed by atoms with Gasteiger partial charge in [0.05, 0.1) is 17.7 Å². The van der Waals surface area contributed by atoms with Crippen molar-refractivity contribution in [1.29, 1.82) is 5.26 Å². The van der Waals surface area contributed by atoms with E-state index in [9.17, 15) is 22.8 Å². The van der Waals surface area contributed by atoms with E-state index in [4.69, 9.17) is 14.7 Å². The van der Waals surface area contributed by atoms with Crippen LogP contribution >= 0.6 is 0 Å². The first-order valence-electron chi connectivity index (χ1n) is 14.2. The molecule has 42 heavy (non-hydrogen) atoms. The number of hydrogen-bond acceptors (Lipinski definition) is 8. The molecule has 1 atom stereocenters. The van der Waals surface area contributed by atoms with E-state index in [1.54, 1.807) is 42.7 Å². The number of hydrogen-bond donors (Lipinski definition) is 0. The van der Waals surface area contributed by atoms with Crippen LogP contribution in [0, 0.1) is 11.3 Å². The number of ketones is 1. The van der Waals surface area contributed by atoms with Gasteiger partial charge in [0.25, 0.3) is 0 Å². The molecule has 1 aromatic heterocycles. The minimum atomic E-state index is -4.80. The first-order chi connectivity index (χ1) is 19.8. The van der Waals surface area contributed by atoms with Crippen LogP contribution in [0.1, 0.15) is 76.2 Å². The number of alkyl halides is 3. The average Bonchev–Trinajstić information content (AvgIpc) is 3.43. The predicted octanol–water partition coefficient (Wildman–Crippen LogP) is 5.71. The molecule has 0 aliphatic carbocycles. The third-order valence-corrected chi connectivity index (χ3v) is 7.21. The second kappa shape index (κ2) is 13.0. The fourth-order valence-corrected chi connectivity index (χ4v) is 5.16. The highest BCUT2D eigenvalue weighted by molar-refractivity contribution is 5.87. The second-order valence-electron chi connectivity index (χ2n) is 11.7. The maximum Gasteiger partial charge on any atom is 0.451 e. The first kappa shape index (κ1) is 31.1. The van der Waals surface area contributed by atoms with E-state index >= 15 is 0 Å². The number of aromatic nitrogens is 2. The second-order valence-corrected chi connectivity index (χ2v) is 11.7. The van der Waals surface area contributed by atoms with Crippen LogP contribution in [-0.4, -0.2) is 64.1 Å². The van der Waals surface area contributed by atoms with Crippen LogP contribution in [0.25, 0.3) is 0 Å². The molecule has 0 saturated carbocycles. The van der Waals surface area contributed by atoms with Crippen molar-refractivity contribution < 1.29 is 32.2 Å². The van der Waals surface area contributed by atoms with Crippen LogP contribution in [0.15, 0.2) is 30.3 Å². The van der Waals surface area contributed by atoms with Crippen molar-refractivity contribution in [3.8, 4) is 11.9 Å². The SMILES string of the molecule is CC(C)(C)OC(=O)N1CCC(Oc2cc(N3CCC[C@H]3C(=O)CCCc3ccc(C#N)cc3)nc(C(F)(F)F)n2)CC1. The minimum Gasteiger partial charge on any atom is -0.474 e. The fraction of sp³-hybridized carbons (Fsp3) is 0.567. The molecule has 4 rings (SSSR count). The number of halogens is 3. The van der Waals surface area contributed by atoms with Gasteiger partial charge in [0.1, 0.15) is 17.5 Å². The molecule has 9 nitrogen and oxygen atoms in total. The molecular formula is C30H36F3N5O4. The number of carbonyl (C=O) groups is 2. The normalized spacial score (nSPS) is 18.1. The van der Waals surface area contributed by atoms with Crippen molar-refractivity contribution in [1.82, 2.24) is 14.9 Å². The third kappa shape index (κ3) is 8.33. The number of Topliss-reactive ketones (excluding diaryl/α,β-unsaturated/α-hetero) is 1. The third-order valence-electron chi connectivity index (χ3n) is 7.21. The summed E-state index contributed by atoms with van der Waals surface area (Å²) in [6.07, 6.45) is -2.17. The van der Waals surface area contributed by atoms with Gasteiger partial charge in [0, 0.05) is 45.0 Å². The average molecular weight is 588 g/mol. The van der Waals surface area contributed by atoms with Gasteiger partial charge in [-0.1, -0.05) is 12.1 Å². The van der Waals surface area contributed by atoms with Crippen LogP contribution in [0.4, 0.5) is 23.8 Å². The molecule has 0 spiro atoms. The summed E-state index contributed by atoms with van der Waals surface area (Å²) in [4.78, 5) is 36.1. The number of benzene rings is 1. The van der Waals surface area contributed by atoms with Crippen molar-refractivity contribution in [2.45, 2.75) is 89.6 Å². The minimum absolute atomic E-state index is 0.0152. The van der Waals surface area contributed by atoms with Crippen molar-refractivity contribution in [3.05, 3.63) is 47.3 Å². The Morgan fingerprint density at radius 2 is 1.74 bits per heavy atom. The Kier molecular flexibility index (Phi) is 9.59. The molecule has 2 saturated heterocycles. The molecule has 12 heteroatoms. The zero-order valence-electron chi connectivity index (χ0n) is 24.1. The monoisotopic (exact) mass is 587 g/mol. The van der Waals surface area contributed by atoms with Crippen LogP contribution in [0.2, 0.25) is 0 Å². The summed E-state index contributed by atoms with van der Waals surface area (Å²) in [5.74, 6) is -1.56. The van der Waals surface area contributed by atoms with Gasteiger partial charge in [0.2, 0.25) is 11.7 Å². The molecule has 0 bridgehead atoms. The van der Waals surface area contributed by atoms with E-state index in [0.717, 1.165) is 5.56 Å². The van der Waals surface area contributed by atoms with Crippen molar-refractivity contribution in [3.63, 3.8) is 0 Å². The van der Waals surface area contributed by atoms with E-state index in [1.807, 2.05) is 12.1 Å². The number of nitriles is 1. The Morgan fingerprint density at radius 1 is 1.05 bits per heavy atom. The zero-order valence-corrected chi connectivity index (χ0v) is 24.1. The Labute approximate surface area is 243 Å². The number of rotatable bonds is 8. The van der Waals surface area contributed by atoms with Gasteiger partial charge in [-0.2, -0.15) is 23.4 Å². The molecule has 0 N–H and O–H groups in total. The molecule has 2 aliphatic heterocycles. The number of nitrogens with zero attached hydrogens (tertiary/aromatic N) is 5. The van der Waals surface area contributed by atoms with Gasteiger partial charge in [0.15, 0.2) is 5.78 Å². The predicted molar refractivity (Wildman–Crippen MR) is 148 cm³/mol. The largest absolute Gasteiger partial charge is 0.474 e. The van der Waals surface area contributed by atoms with Crippen molar-refractivity contribution in [2.24, 2.45) is 0 Å². The molecule has 0 radical (unpaired) electrons.